The first-order chi connectivity index (χ1) is 10.2. The molecule has 21 heavy (non-hydrogen) atoms. The number of rotatable bonds is 7. The SMILES string of the molecule is CC(C)OCCNc1nc(NN)nc(N2CCOCC2)n1. The van der Waals surface area contributed by atoms with E-state index in [-0.39, 0.29) is 6.10 Å². The second kappa shape index (κ2) is 7.91. The lowest BCUT2D eigenvalue weighted by Gasteiger charge is -2.27. The van der Waals surface area contributed by atoms with Gasteiger partial charge in [-0.05, 0) is 13.8 Å². The van der Waals surface area contributed by atoms with Crippen molar-refractivity contribution in [1.82, 2.24) is 15.0 Å². The first kappa shape index (κ1) is 15.7. The molecule has 0 unspecified atom stereocenters. The fourth-order valence-corrected chi connectivity index (χ4v) is 1.87. The van der Waals surface area contributed by atoms with Crippen LogP contribution < -0.4 is 21.5 Å². The fraction of sp³-hybridized carbons (Fsp3) is 0.750. The Kier molecular flexibility index (Phi) is 5.90. The van der Waals surface area contributed by atoms with Gasteiger partial charge in [0.15, 0.2) is 0 Å². The molecule has 4 N–H and O–H groups in total. The van der Waals surface area contributed by atoms with E-state index in [0.717, 1.165) is 13.1 Å². The van der Waals surface area contributed by atoms with Gasteiger partial charge in [0.2, 0.25) is 17.8 Å². The lowest BCUT2D eigenvalue weighted by molar-refractivity contribution is 0.0870. The molecule has 1 aliphatic rings. The van der Waals surface area contributed by atoms with Crippen LogP contribution in [0.1, 0.15) is 13.8 Å². The van der Waals surface area contributed by atoms with Gasteiger partial charge in [-0.15, -0.1) is 0 Å². The molecule has 0 spiro atoms. The van der Waals surface area contributed by atoms with E-state index < -0.39 is 0 Å². The molecular weight excluding hydrogens is 274 g/mol. The Morgan fingerprint density at radius 2 is 1.95 bits per heavy atom. The van der Waals surface area contributed by atoms with E-state index in [1.165, 1.54) is 0 Å². The van der Waals surface area contributed by atoms with Crippen molar-refractivity contribution in [3.8, 4) is 0 Å². The van der Waals surface area contributed by atoms with Crippen molar-refractivity contribution in [3.05, 3.63) is 0 Å². The Hall–Kier alpha value is -1.71. The summed E-state index contributed by atoms with van der Waals surface area (Å²) in [5.41, 5.74) is 2.46. The van der Waals surface area contributed by atoms with E-state index in [0.29, 0.717) is 44.2 Å². The van der Waals surface area contributed by atoms with Gasteiger partial charge in [0.1, 0.15) is 0 Å². The van der Waals surface area contributed by atoms with Crippen LogP contribution in [-0.4, -0.2) is 60.5 Å². The van der Waals surface area contributed by atoms with Gasteiger partial charge >= 0.3 is 0 Å². The molecular formula is C12H23N7O2. The number of ether oxygens (including phenoxy) is 2. The number of hydrazine groups is 1. The highest BCUT2D eigenvalue weighted by atomic mass is 16.5. The molecule has 9 nitrogen and oxygen atoms in total. The van der Waals surface area contributed by atoms with Crippen LogP contribution in [0.15, 0.2) is 0 Å². The minimum Gasteiger partial charge on any atom is -0.378 e. The molecule has 0 bridgehead atoms. The molecule has 0 atom stereocenters. The lowest BCUT2D eigenvalue weighted by Crippen LogP contribution is -2.37. The largest absolute Gasteiger partial charge is 0.378 e. The van der Waals surface area contributed by atoms with E-state index in [1.807, 2.05) is 18.7 Å². The van der Waals surface area contributed by atoms with Gasteiger partial charge in [-0.1, -0.05) is 0 Å². The van der Waals surface area contributed by atoms with Crippen LogP contribution in [0.4, 0.5) is 17.8 Å². The van der Waals surface area contributed by atoms with Gasteiger partial charge in [-0.2, -0.15) is 15.0 Å². The van der Waals surface area contributed by atoms with E-state index in [9.17, 15) is 0 Å². The van der Waals surface area contributed by atoms with Crippen LogP contribution in [-0.2, 0) is 9.47 Å². The highest BCUT2D eigenvalue weighted by Crippen LogP contribution is 2.14. The Morgan fingerprint density at radius 1 is 1.24 bits per heavy atom. The molecule has 2 rings (SSSR count). The molecule has 1 aliphatic heterocycles. The molecule has 2 heterocycles. The Labute approximate surface area is 124 Å². The van der Waals surface area contributed by atoms with Gasteiger partial charge < -0.3 is 19.7 Å². The summed E-state index contributed by atoms with van der Waals surface area (Å²) in [6.45, 7) is 8.04. The third-order valence-electron chi connectivity index (χ3n) is 2.88. The lowest BCUT2D eigenvalue weighted by atomic mass is 10.4. The van der Waals surface area contributed by atoms with Crippen molar-refractivity contribution in [2.75, 3.05) is 55.1 Å². The fourth-order valence-electron chi connectivity index (χ4n) is 1.87. The van der Waals surface area contributed by atoms with Crippen LogP contribution in [0.3, 0.4) is 0 Å². The van der Waals surface area contributed by atoms with Gasteiger partial charge in [0, 0.05) is 19.6 Å². The van der Waals surface area contributed by atoms with Crippen molar-refractivity contribution in [3.63, 3.8) is 0 Å². The van der Waals surface area contributed by atoms with Crippen molar-refractivity contribution in [2.24, 2.45) is 5.84 Å². The third kappa shape index (κ3) is 4.96. The summed E-state index contributed by atoms with van der Waals surface area (Å²) in [7, 11) is 0. The first-order valence-corrected chi connectivity index (χ1v) is 7.10. The number of anilines is 3. The number of nitrogens with two attached hydrogens (primary N) is 1. The Balaban J connectivity index is 1.99. The summed E-state index contributed by atoms with van der Waals surface area (Å²) in [6, 6.07) is 0. The number of morpholine rings is 1. The average Bonchev–Trinajstić information content (AvgIpc) is 2.52. The van der Waals surface area contributed by atoms with E-state index >= 15 is 0 Å². The predicted octanol–water partition coefficient (Wildman–Crippen LogP) is -0.169. The topological polar surface area (TPSA) is 110 Å². The van der Waals surface area contributed by atoms with Crippen LogP contribution in [0, 0.1) is 0 Å². The first-order valence-electron chi connectivity index (χ1n) is 7.10. The number of hydrogen-bond acceptors (Lipinski definition) is 9. The number of nitrogens with zero attached hydrogens (tertiary/aromatic N) is 4. The van der Waals surface area contributed by atoms with E-state index in [2.05, 4.69) is 25.7 Å². The normalized spacial score (nSPS) is 15.3. The maximum atomic E-state index is 5.47. The highest BCUT2D eigenvalue weighted by Gasteiger charge is 2.16. The van der Waals surface area contributed by atoms with Crippen LogP contribution in [0.2, 0.25) is 0 Å². The zero-order valence-electron chi connectivity index (χ0n) is 12.5. The minimum atomic E-state index is 0.204. The maximum Gasteiger partial charge on any atom is 0.243 e. The van der Waals surface area contributed by atoms with Gasteiger partial charge in [-0.25, -0.2) is 5.84 Å². The molecule has 9 heteroatoms. The molecule has 1 saturated heterocycles. The molecule has 0 amide bonds. The summed E-state index contributed by atoms with van der Waals surface area (Å²) >= 11 is 0. The van der Waals surface area contributed by atoms with Gasteiger partial charge in [-0.3, -0.25) is 5.43 Å². The van der Waals surface area contributed by atoms with Gasteiger partial charge in [0.25, 0.3) is 0 Å². The van der Waals surface area contributed by atoms with Crippen molar-refractivity contribution in [1.29, 1.82) is 0 Å². The van der Waals surface area contributed by atoms with E-state index in [4.69, 9.17) is 15.3 Å². The molecule has 1 fully saturated rings. The van der Waals surface area contributed by atoms with E-state index in [1.54, 1.807) is 0 Å². The smallest absolute Gasteiger partial charge is 0.243 e. The molecule has 118 valence electrons. The molecule has 0 saturated carbocycles. The monoisotopic (exact) mass is 297 g/mol. The van der Waals surface area contributed by atoms with Crippen molar-refractivity contribution >= 4 is 17.8 Å². The van der Waals surface area contributed by atoms with Crippen LogP contribution >= 0.6 is 0 Å². The maximum absolute atomic E-state index is 5.47. The van der Waals surface area contributed by atoms with Crippen molar-refractivity contribution in [2.45, 2.75) is 20.0 Å². The summed E-state index contributed by atoms with van der Waals surface area (Å²) in [5.74, 6) is 6.82. The quantitative estimate of drug-likeness (QED) is 0.359. The van der Waals surface area contributed by atoms with Crippen molar-refractivity contribution < 1.29 is 9.47 Å². The highest BCUT2D eigenvalue weighted by molar-refractivity contribution is 5.43. The second-order valence-corrected chi connectivity index (χ2v) is 4.87. The summed E-state index contributed by atoms with van der Waals surface area (Å²) in [5, 5.41) is 3.11. The standard InChI is InChI=1S/C12H23N7O2/c1-9(2)21-6-3-14-10-15-11(18-13)17-12(16-10)19-4-7-20-8-5-19/h9H,3-8,13H2,1-2H3,(H2,14,15,16,17,18). The average molecular weight is 297 g/mol. The van der Waals surface area contributed by atoms with Crippen LogP contribution in [0.25, 0.3) is 0 Å². The number of aromatic nitrogens is 3. The Bertz CT molecular complexity index is 438. The Morgan fingerprint density at radius 3 is 2.62 bits per heavy atom. The van der Waals surface area contributed by atoms with Crippen LogP contribution in [0.5, 0.6) is 0 Å². The number of nitrogen functional groups attached to an aromatic ring is 1. The zero-order valence-corrected chi connectivity index (χ0v) is 12.5. The summed E-state index contributed by atoms with van der Waals surface area (Å²) in [4.78, 5) is 14.9. The zero-order chi connectivity index (χ0) is 15.1. The molecule has 0 aliphatic carbocycles. The summed E-state index contributed by atoms with van der Waals surface area (Å²) in [6.07, 6.45) is 0.204. The minimum absolute atomic E-state index is 0.204. The molecule has 0 aromatic carbocycles. The number of hydrogen-bond donors (Lipinski definition) is 3. The van der Waals surface area contributed by atoms with Gasteiger partial charge in [0.05, 0.1) is 25.9 Å². The summed E-state index contributed by atoms with van der Waals surface area (Å²) < 4.78 is 10.8. The molecule has 0 radical (unpaired) electrons. The second-order valence-electron chi connectivity index (χ2n) is 4.87. The number of nitrogens with one attached hydrogen (secondary N) is 2. The molecule has 1 aromatic heterocycles. The third-order valence-corrected chi connectivity index (χ3v) is 2.88. The predicted molar refractivity (Wildman–Crippen MR) is 80.2 cm³/mol. The molecule has 1 aromatic rings.